The fourth-order valence-electron chi connectivity index (χ4n) is 3.88. The quantitative estimate of drug-likeness (QED) is 0.612. The third-order valence-corrected chi connectivity index (χ3v) is 6.44. The molecule has 1 aliphatic heterocycles. The van der Waals surface area contributed by atoms with Crippen molar-refractivity contribution in [2.24, 2.45) is 0 Å². The van der Waals surface area contributed by atoms with E-state index < -0.39 is 0 Å². The molecule has 2 aliphatic rings. The van der Waals surface area contributed by atoms with Gasteiger partial charge in [0, 0.05) is 24.2 Å². The Hall–Kier alpha value is -2.63. The summed E-state index contributed by atoms with van der Waals surface area (Å²) in [7, 11) is 1.98. The second-order valence-electron chi connectivity index (χ2n) is 7.88. The Morgan fingerprint density at radius 3 is 2.24 bits per heavy atom. The number of halogens is 1. The van der Waals surface area contributed by atoms with E-state index in [1.165, 1.54) is 5.56 Å². The third-order valence-electron chi connectivity index (χ3n) is 6.11. The first kappa shape index (κ1) is 21.1. The lowest BCUT2D eigenvalue weighted by atomic mass is 9.81. The summed E-state index contributed by atoms with van der Waals surface area (Å²) in [5.74, 6) is 3.74. The monoisotopic (exact) mass is 404 g/mol. The topological polar surface area (TPSA) is 15.3 Å². The molecule has 0 amide bonds. The number of nitrogens with one attached hydrogen (secondary N) is 1. The van der Waals surface area contributed by atoms with E-state index in [2.05, 4.69) is 49.5 Å². The van der Waals surface area contributed by atoms with Crippen LogP contribution in [0.1, 0.15) is 43.7 Å². The SMILES string of the molecule is C#CC1(c2ccccc2)CC1.C=C1C[C@@](CC)(c2ccccc2Cl)NC(=C)N1C. The van der Waals surface area contributed by atoms with Crippen molar-refractivity contribution in [2.75, 3.05) is 7.05 Å². The summed E-state index contributed by atoms with van der Waals surface area (Å²) in [5, 5.41) is 4.29. The molecule has 2 nitrogen and oxygen atoms in total. The zero-order valence-corrected chi connectivity index (χ0v) is 18.1. The average Bonchev–Trinajstić information content (AvgIpc) is 3.54. The van der Waals surface area contributed by atoms with Crippen molar-refractivity contribution in [3.05, 3.63) is 95.4 Å². The van der Waals surface area contributed by atoms with E-state index >= 15 is 0 Å². The number of benzene rings is 2. The van der Waals surface area contributed by atoms with Gasteiger partial charge in [0.1, 0.15) is 0 Å². The first-order valence-corrected chi connectivity index (χ1v) is 10.4. The first-order chi connectivity index (χ1) is 13.9. The van der Waals surface area contributed by atoms with E-state index in [4.69, 9.17) is 18.0 Å². The predicted octanol–water partition coefficient (Wildman–Crippen LogP) is 6.21. The molecule has 1 heterocycles. The second kappa shape index (κ2) is 8.39. The maximum atomic E-state index is 6.34. The number of hydrogen-bond donors (Lipinski definition) is 1. The van der Waals surface area contributed by atoms with Gasteiger partial charge in [-0.2, -0.15) is 0 Å². The molecule has 4 rings (SSSR count). The molecule has 29 heavy (non-hydrogen) atoms. The van der Waals surface area contributed by atoms with Crippen LogP contribution in [-0.2, 0) is 11.0 Å². The van der Waals surface area contributed by atoms with E-state index in [9.17, 15) is 0 Å². The minimum Gasteiger partial charge on any atom is -0.362 e. The fraction of sp³-hybridized carbons (Fsp3) is 0.308. The molecular weight excluding hydrogens is 376 g/mol. The van der Waals surface area contributed by atoms with Gasteiger partial charge in [0.25, 0.3) is 0 Å². The zero-order valence-electron chi connectivity index (χ0n) is 17.3. The fourth-order valence-corrected chi connectivity index (χ4v) is 4.19. The van der Waals surface area contributed by atoms with E-state index in [0.29, 0.717) is 0 Å². The molecule has 1 aliphatic carbocycles. The number of rotatable bonds is 3. The van der Waals surface area contributed by atoms with Crippen LogP contribution in [0.2, 0.25) is 5.02 Å². The van der Waals surface area contributed by atoms with Crippen LogP contribution in [0.15, 0.2) is 79.3 Å². The van der Waals surface area contributed by atoms with Crippen LogP contribution >= 0.6 is 11.6 Å². The van der Waals surface area contributed by atoms with Crippen molar-refractivity contribution >= 4 is 11.6 Å². The highest BCUT2D eigenvalue weighted by atomic mass is 35.5. The summed E-state index contributed by atoms with van der Waals surface area (Å²) in [4.78, 5) is 1.99. The van der Waals surface area contributed by atoms with Crippen molar-refractivity contribution < 1.29 is 0 Å². The predicted molar refractivity (Wildman–Crippen MR) is 123 cm³/mol. The maximum absolute atomic E-state index is 6.34. The lowest BCUT2D eigenvalue weighted by Gasteiger charge is -2.45. The molecular formula is C26H29ClN2. The molecule has 2 fully saturated rings. The summed E-state index contributed by atoms with van der Waals surface area (Å²) >= 11 is 6.34. The first-order valence-electron chi connectivity index (χ1n) is 10.0. The molecule has 0 aromatic heterocycles. The Labute approximate surface area is 180 Å². The molecule has 2 aromatic carbocycles. The average molecular weight is 405 g/mol. The molecule has 2 aromatic rings. The van der Waals surface area contributed by atoms with Crippen LogP contribution in [0.4, 0.5) is 0 Å². The van der Waals surface area contributed by atoms with Gasteiger partial charge in [-0.25, -0.2) is 0 Å². The highest BCUT2D eigenvalue weighted by Gasteiger charge is 2.42. The van der Waals surface area contributed by atoms with E-state index in [0.717, 1.165) is 47.8 Å². The van der Waals surface area contributed by atoms with Crippen molar-refractivity contribution in [1.82, 2.24) is 10.2 Å². The minimum atomic E-state index is -0.195. The molecule has 0 unspecified atom stereocenters. The summed E-state index contributed by atoms with van der Waals surface area (Å²) < 4.78 is 0. The van der Waals surface area contributed by atoms with Gasteiger partial charge >= 0.3 is 0 Å². The van der Waals surface area contributed by atoms with Gasteiger partial charge < -0.3 is 10.2 Å². The molecule has 0 bridgehead atoms. The van der Waals surface area contributed by atoms with E-state index in [-0.39, 0.29) is 11.0 Å². The molecule has 0 radical (unpaired) electrons. The third kappa shape index (κ3) is 4.21. The van der Waals surface area contributed by atoms with Crippen LogP contribution in [-0.4, -0.2) is 11.9 Å². The number of terminal acetylenes is 1. The molecule has 3 heteroatoms. The normalized spacial score (nSPS) is 22.1. The Balaban J connectivity index is 0.000000186. The maximum Gasteiger partial charge on any atom is 0.0985 e. The van der Waals surface area contributed by atoms with Crippen LogP contribution in [0, 0.1) is 12.3 Å². The van der Waals surface area contributed by atoms with Gasteiger partial charge in [0.05, 0.1) is 16.8 Å². The number of hydrogen-bond acceptors (Lipinski definition) is 2. The van der Waals surface area contributed by atoms with E-state index in [1.54, 1.807) is 0 Å². The van der Waals surface area contributed by atoms with Gasteiger partial charge in [0.2, 0.25) is 0 Å². The van der Waals surface area contributed by atoms with Gasteiger partial charge in [-0.3, -0.25) is 0 Å². The van der Waals surface area contributed by atoms with Crippen molar-refractivity contribution in [3.63, 3.8) is 0 Å². The van der Waals surface area contributed by atoms with Crippen molar-refractivity contribution in [1.29, 1.82) is 0 Å². The summed E-state index contributed by atoms with van der Waals surface area (Å²) in [6, 6.07) is 18.3. The Morgan fingerprint density at radius 1 is 1.10 bits per heavy atom. The van der Waals surface area contributed by atoms with Crippen LogP contribution < -0.4 is 5.32 Å². The molecule has 1 N–H and O–H groups in total. The standard InChI is InChI=1S/C15H19ClN2.C11H10/c1-5-15(13-8-6-7-9-14(13)16)10-11(2)18(4)12(3)17-15;1-2-11(8-9-11)10-6-4-3-5-7-10/h6-9,17H,2-3,5,10H2,1,4H3;1,3-7H,8-9H2/t15-;/m0./s1. The minimum absolute atomic E-state index is 0.112. The second-order valence-corrected chi connectivity index (χ2v) is 8.29. The highest BCUT2D eigenvalue weighted by molar-refractivity contribution is 6.31. The van der Waals surface area contributed by atoms with Gasteiger partial charge in [0.15, 0.2) is 0 Å². The molecule has 0 spiro atoms. The molecule has 1 saturated carbocycles. The van der Waals surface area contributed by atoms with Crippen LogP contribution in [0.25, 0.3) is 0 Å². The van der Waals surface area contributed by atoms with E-state index in [1.807, 2.05) is 48.3 Å². The smallest absolute Gasteiger partial charge is 0.0985 e. The van der Waals surface area contributed by atoms with Crippen molar-refractivity contribution in [3.8, 4) is 12.3 Å². The zero-order chi connectivity index (χ0) is 21.1. The Kier molecular flexibility index (Phi) is 6.10. The lowest BCUT2D eigenvalue weighted by Crippen LogP contribution is -2.50. The number of nitrogens with zero attached hydrogens (tertiary/aromatic N) is 1. The van der Waals surface area contributed by atoms with Crippen LogP contribution in [0.3, 0.4) is 0 Å². The summed E-state index contributed by atoms with van der Waals surface area (Å²) in [6.45, 7) is 10.3. The van der Waals surface area contributed by atoms with Gasteiger partial charge in [-0.15, -0.1) is 6.42 Å². The van der Waals surface area contributed by atoms with Gasteiger partial charge in [-0.1, -0.05) is 86.1 Å². The lowest BCUT2D eigenvalue weighted by molar-refractivity contribution is 0.241. The summed E-state index contributed by atoms with van der Waals surface area (Å²) in [6.07, 6.45) is 9.54. The molecule has 1 saturated heterocycles. The Morgan fingerprint density at radius 2 is 1.72 bits per heavy atom. The van der Waals surface area contributed by atoms with Crippen LogP contribution in [0.5, 0.6) is 0 Å². The Bertz CT molecular complexity index is 917. The molecule has 1 atom stereocenters. The summed E-state index contributed by atoms with van der Waals surface area (Å²) in [5.41, 5.74) is 3.40. The largest absolute Gasteiger partial charge is 0.362 e. The molecule has 150 valence electrons. The highest BCUT2D eigenvalue weighted by Crippen LogP contribution is 2.47. The van der Waals surface area contributed by atoms with Crippen molar-refractivity contribution in [2.45, 2.75) is 43.6 Å². The van der Waals surface area contributed by atoms with Gasteiger partial charge in [-0.05, 0) is 36.5 Å².